The highest BCUT2D eigenvalue weighted by molar-refractivity contribution is 5.98. The van der Waals surface area contributed by atoms with E-state index in [4.69, 9.17) is 15.2 Å². The Hall–Kier alpha value is -3.24. The Morgan fingerprint density at radius 2 is 2.10 bits per heavy atom. The van der Waals surface area contributed by atoms with E-state index in [2.05, 4.69) is 16.4 Å². The number of amides is 1. The van der Waals surface area contributed by atoms with Gasteiger partial charge in [-0.1, -0.05) is 6.07 Å². The van der Waals surface area contributed by atoms with Crippen molar-refractivity contribution in [3.8, 4) is 17.7 Å². The molecule has 3 rings (SSSR count). The Morgan fingerprint density at radius 1 is 1.38 bits per heavy atom. The molecule has 2 aromatic rings. The molecule has 1 amide bonds. The molecule has 1 aliphatic heterocycles. The van der Waals surface area contributed by atoms with E-state index < -0.39 is 11.8 Å². The Morgan fingerprint density at radius 3 is 2.69 bits per heavy atom. The largest absolute Gasteiger partial charge is 0.496 e. The number of anilines is 1. The van der Waals surface area contributed by atoms with E-state index in [9.17, 15) is 10.1 Å². The number of carbonyl (C=O) groups excluding carboxylic acids is 1. The third-order valence-electron chi connectivity index (χ3n) is 4.78. The van der Waals surface area contributed by atoms with Crippen LogP contribution in [-0.2, 0) is 4.79 Å². The lowest BCUT2D eigenvalue weighted by Crippen LogP contribution is -2.28. The van der Waals surface area contributed by atoms with Gasteiger partial charge in [0.05, 0.1) is 42.5 Å². The van der Waals surface area contributed by atoms with Crippen LogP contribution in [0.1, 0.15) is 42.0 Å². The van der Waals surface area contributed by atoms with E-state index in [1.165, 1.54) is 7.11 Å². The maximum Gasteiger partial charge on any atom is 0.247 e. The number of nitrogens with one attached hydrogen (secondary N) is 1. The number of aromatic nitrogens is 1. The van der Waals surface area contributed by atoms with Crippen molar-refractivity contribution in [2.24, 2.45) is 5.73 Å². The smallest absolute Gasteiger partial charge is 0.247 e. The second-order valence-corrected chi connectivity index (χ2v) is 6.50. The fraction of sp³-hybridized carbons (Fsp3) is 0.286. The van der Waals surface area contributed by atoms with Gasteiger partial charge >= 0.3 is 0 Å². The van der Waals surface area contributed by atoms with Gasteiger partial charge in [0, 0.05) is 23.0 Å². The summed E-state index contributed by atoms with van der Waals surface area (Å²) >= 11 is 0. The number of nitrogens with zero attached hydrogens (tertiary/aromatic N) is 2. The molecule has 29 heavy (non-hydrogen) atoms. The van der Waals surface area contributed by atoms with Crippen molar-refractivity contribution in [3.05, 3.63) is 57.9 Å². The minimum absolute atomic E-state index is 0. The highest BCUT2D eigenvalue weighted by atomic mass is 35.5. The summed E-state index contributed by atoms with van der Waals surface area (Å²) in [5.41, 5.74) is 10.5. The maximum atomic E-state index is 12.4. The zero-order chi connectivity index (χ0) is 20.4. The van der Waals surface area contributed by atoms with Gasteiger partial charge < -0.3 is 20.5 Å². The van der Waals surface area contributed by atoms with Crippen LogP contribution >= 0.6 is 12.4 Å². The second-order valence-electron chi connectivity index (χ2n) is 6.50. The molecule has 0 radical (unpaired) electrons. The van der Waals surface area contributed by atoms with Gasteiger partial charge in [-0.15, -0.1) is 12.4 Å². The molecule has 0 aliphatic carbocycles. The molecule has 152 valence electrons. The minimum Gasteiger partial charge on any atom is -0.496 e. The first-order valence-electron chi connectivity index (χ1n) is 8.90. The quantitative estimate of drug-likeness (QED) is 0.775. The number of rotatable bonds is 5. The summed E-state index contributed by atoms with van der Waals surface area (Å²) in [5.74, 6) is -0.160. The molecule has 1 aliphatic rings. The van der Waals surface area contributed by atoms with Gasteiger partial charge in [0.1, 0.15) is 5.75 Å². The van der Waals surface area contributed by atoms with Gasteiger partial charge in [0.15, 0.2) is 0 Å². The molecular formula is C21H23ClN4O3. The third-order valence-corrected chi connectivity index (χ3v) is 4.78. The molecule has 0 saturated heterocycles. The average Bonchev–Trinajstić information content (AvgIpc) is 2.68. The van der Waals surface area contributed by atoms with Gasteiger partial charge in [-0.05, 0) is 38.5 Å². The van der Waals surface area contributed by atoms with E-state index in [1.807, 2.05) is 20.8 Å². The van der Waals surface area contributed by atoms with Gasteiger partial charge in [0.25, 0.3) is 0 Å². The van der Waals surface area contributed by atoms with Crippen molar-refractivity contribution in [1.82, 2.24) is 4.98 Å². The van der Waals surface area contributed by atoms with Crippen LogP contribution < -0.4 is 20.5 Å². The van der Waals surface area contributed by atoms with Crippen LogP contribution in [0.15, 0.2) is 35.7 Å². The molecular weight excluding hydrogens is 392 g/mol. The molecule has 0 unspecified atom stereocenters. The number of aryl methyl sites for hydroxylation is 1. The first-order valence-corrected chi connectivity index (χ1v) is 8.90. The summed E-state index contributed by atoms with van der Waals surface area (Å²) in [6, 6.07) is 7.22. The number of primary amides is 1. The predicted octanol–water partition coefficient (Wildman–Crippen LogP) is 3.41. The number of allylic oxidation sites excluding steroid dienone is 1. The Labute approximate surface area is 175 Å². The first-order chi connectivity index (χ1) is 13.4. The van der Waals surface area contributed by atoms with Crippen molar-refractivity contribution in [2.45, 2.75) is 26.7 Å². The Bertz CT molecular complexity index is 1030. The molecule has 7 nitrogen and oxygen atoms in total. The van der Waals surface area contributed by atoms with Crippen LogP contribution in [-0.4, -0.2) is 24.6 Å². The molecule has 0 spiro atoms. The monoisotopic (exact) mass is 414 g/mol. The number of fused-ring (bicyclic) bond motifs is 1. The SMILES string of the molecule is CCOc1ncc(C)c2c1[C@H](c1ccc(C#N)cc1OC)C(C(N)=O)=C(C)N2.Cl. The first kappa shape index (κ1) is 22.1. The number of nitrogens with two attached hydrogens (primary N) is 1. The molecule has 1 atom stereocenters. The van der Waals surface area contributed by atoms with Crippen molar-refractivity contribution < 1.29 is 14.3 Å². The molecule has 1 aromatic heterocycles. The molecule has 1 aromatic carbocycles. The molecule has 0 bridgehead atoms. The Balaban J connectivity index is 0.00000300. The predicted molar refractivity (Wildman–Crippen MR) is 112 cm³/mol. The van der Waals surface area contributed by atoms with Crippen LogP contribution in [0.4, 0.5) is 5.69 Å². The standard InChI is InChI=1S/C21H22N4O3.ClH/c1-5-28-21-18-17(14-7-6-13(9-22)8-15(14)27-4)16(20(23)26)12(3)25-19(18)11(2)10-24-21;/h6-8,10,17,25H,5H2,1-4H3,(H2,23,26);1H/t17-;/m1./s1. The fourth-order valence-corrected chi connectivity index (χ4v) is 3.57. The van der Waals surface area contributed by atoms with Gasteiger partial charge in [-0.25, -0.2) is 4.98 Å². The maximum absolute atomic E-state index is 12.4. The van der Waals surface area contributed by atoms with Crippen LogP contribution in [0.5, 0.6) is 11.6 Å². The van der Waals surface area contributed by atoms with E-state index in [1.54, 1.807) is 24.4 Å². The molecule has 3 N–H and O–H groups in total. The van der Waals surface area contributed by atoms with Gasteiger partial charge in [-0.2, -0.15) is 5.26 Å². The van der Waals surface area contributed by atoms with Gasteiger partial charge in [0.2, 0.25) is 11.8 Å². The number of hydrogen-bond donors (Lipinski definition) is 2. The van der Waals surface area contributed by atoms with Gasteiger partial charge in [-0.3, -0.25) is 4.79 Å². The minimum atomic E-state index is -0.545. The van der Waals surface area contributed by atoms with Crippen LogP contribution in [0, 0.1) is 18.3 Å². The molecule has 2 heterocycles. The van der Waals surface area contributed by atoms with Crippen molar-refractivity contribution in [3.63, 3.8) is 0 Å². The summed E-state index contributed by atoms with van der Waals surface area (Å²) < 4.78 is 11.3. The summed E-state index contributed by atoms with van der Waals surface area (Å²) in [5, 5.41) is 12.5. The highest BCUT2D eigenvalue weighted by Crippen LogP contribution is 2.48. The summed E-state index contributed by atoms with van der Waals surface area (Å²) in [6.45, 7) is 6.04. The third kappa shape index (κ3) is 3.84. The number of methoxy groups -OCH3 is 1. The molecule has 0 saturated carbocycles. The van der Waals surface area contributed by atoms with Crippen molar-refractivity contribution in [1.29, 1.82) is 5.26 Å². The summed E-state index contributed by atoms with van der Waals surface area (Å²) in [7, 11) is 1.53. The average molecular weight is 415 g/mol. The lowest BCUT2D eigenvalue weighted by Gasteiger charge is -2.32. The molecule has 0 fully saturated rings. The van der Waals surface area contributed by atoms with Crippen molar-refractivity contribution >= 4 is 24.0 Å². The van der Waals surface area contributed by atoms with Crippen LogP contribution in [0.2, 0.25) is 0 Å². The lowest BCUT2D eigenvalue weighted by atomic mass is 9.79. The lowest BCUT2D eigenvalue weighted by molar-refractivity contribution is -0.114. The second kappa shape index (κ2) is 8.84. The molecule has 8 heteroatoms. The summed E-state index contributed by atoms with van der Waals surface area (Å²) in [6.07, 6.45) is 1.73. The number of ether oxygens (including phenoxy) is 2. The fourth-order valence-electron chi connectivity index (χ4n) is 3.57. The highest BCUT2D eigenvalue weighted by Gasteiger charge is 2.36. The zero-order valence-electron chi connectivity index (χ0n) is 16.7. The number of nitriles is 1. The number of carbonyl (C=O) groups is 1. The topological polar surface area (TPSA) is 110 Å². The Kier molecular flexibility index (Phi) is 6.72. The van der Waals surface area contributed by atoms with E-state index in [-0.39, 0.29) is 12.4 Å². The number of benzene rings is 1. The number of hydrogen-bond acceptors (Lipinski definition) is 6. The van der Waals surface area contributed by atoms with E-state index in [0.717, 1.165) is 16.8 Å². The number of halogens is 1. The normalized spacial score (nSPS) is 14.8. The zero-order valence-corrected chi connectivity index (χ0v) is 17.5. The van der Waals surface area contributed by atoms with Crippen molar-refractivity contribution in [2.75, 3.05) is 19.0 Å². The van der Waals surface area contributed by atoms with Crippen LogP contribution in [0.25, 0.3) is 0 Å². The summed E-state index contributed by atoms with van der Waals surface area (Å²) in [4.78, 5) is 16.8. The van der Waals surface area contributed by atoms with Crippen LogP contribution in [0.3, 0.4) is 0 Å². The van der Waals surface area contributed by atoms with E-state index >= 15 is 0 Å². The van der Waals surface area contributed by atoms with E-state index in [0.29, 0.717) is 40.6 Å². The number of pyridine rings is 1.